The summed E-state index contributed by atoms with van der Waals surface area (Å²) in [7, 11) is 6.29. The van der Waals surface area contributed by atoms with Gasteiger partial charge >= 0.3 is 0 Å². The fourth-order valence-electron chi connectivity index (χ4n) is 2.49. The van der Waals surface area contributed by atoms with Gasteiger partial charge in [-0.15, -0.1) is 0 Å². The summed E-state index contributed by atoms with van der Waals surface area (Å²) < 4.78 is 6.02. The molecule has 108 valence electrons. The van der Waals surface area contributed by atoms with Gasteiger partial charge in [0.05, 0.1) is 6.04 Å². The molecule has 4 heteroatoms. The van der Waals surface area contributed by atoms with Crippen molar-refractivity contribution in [2.45, 2.75) is 25.3 Å². The zero-order chi connectivity index (χ0) is 14.0. The van der Waals surface area contributed by atoms with Crippen LogP contribution in [0, 0.1) is 5.92 Å². The van der Waals surface area contributed by atoms with Crippen LogP contribution >= 0.6 is 0 Å². The third kappa shape index (κ3) is 3.59. The van der Waals surface area contributed by atoms with Gasteiger partial charge in [0.2, 0.25) is 0 Å². The Labute approximate surface area is 116 Å². The van der Waals surface area contributed by atoms with Gasteiger partial charge in [-0.25, -0.2) is 0 Å². The van der Waals surface area contributed by atoms with E-state index in [0.717, 1.165) is 30.5 Å². The summed E-state index contributed by atoms with van der Waals surface area (Å²) in [6.07, 6.45) is 1.26. The molecular weight excluding hydrogens is 238 g/mol. The van der Waals surface area contributed by atoms with Crippen LogP contribution in [-0.2, 0) is 0 Å². The van der Waals surface area contributed by atoms with Gasteiger partial charge in [-0.05, 0) is 45.6 Å². The Bertz CT molecular complexity index is 402. The van der Waals surface area contributed by atoms with E-state index in [1.807, 2.05) is 0 Å². The maximum absolute atomic E-state index is 6.02. The molecule has 19 heavy (non-hydrogen) atoms. The number of nitrogens with zero attached hydrogens (tertiary/aromatic N) is 2. The lowest BCUT2D eigenvalue weighted by Gasteiger charge is -2.26. The number of furan rings is 1. The van der Waals surface area contributed by atoms with E-state index in [1.54, 1.807) is 0 Å². The minimum Gasteiger partial charge on any atom is -0.464 e. The number of nitrogens with two attached hydrogens (primary N) is 1. The first kappa shape index (κ1) is 14.6. The van der Waals surface area contributed by atoms with E-state index in [9.17, 15) is 0 Å². The highest BCUT2D eigenvalue weighted by Gasteiger charge is 2.37. The van der Waals surface area contributed by atoms with E-state index in [0.29, 0.717) is 12.5 Å². The van der Waals surface area contributed by atoms with Gasteiger partial charge in [-0.3, -0.25) is 4.90 Å². The predicted octanol–water partition coefficient (Wildman–Crippen LogP) is 1.90. The summed E-state index contributed by atoms with van der Waals surface area (Å²) >= 11 is 0. The molecule has 0 amide bonds. The average Bonchev–Trinajstić information content (AvgIpc) is 2.90. The van der Waals surface area contributed by atoms with Crippen molar-refractivity contribution in [2.24, 2.45) is 11.7 Å². The van der Waals surface area contributed by atoms with Crippen LogP contribution in [0.2, 0.25) is 0 Å². The number of likely N-dealkylation sites (N-methyl/N-ethyl adjacent to an activating group) is 2. The summed E-state index contributed by atoms with van der Waals surface area (Å²) in [4.78, 5) is 4.46. The second-order valence-electron chi connectivity index (χ2n) is 6.09. The second kappa shape index (κ2) is 6.07. The standard InChI is InChI=1S/C15H27N3O/c1-11-9-12(11)14-5-6-15(19-14)13(10-16)18(4)8-7-17(2)3/h5-6,11-13H,7-10,16H2,1-4H3. The SMILES string of the molecule is CC1CC1c1ccc(C(CN)N(C)CCN(C)C)o1. The molecule has 1 fully saturated rings. The molecule has 2 rings (SSSR count). The van der Waals surface area contributed by atoms with Crippen LogP contribution in [0.3, 0.4) is 0 Å². The lowest BCUT2D eigenvalue weighted by molar-refractivity contribution is 0.198. The highest BCUT2D eigenvalue weighted by atomic mass is 16.3. The Morgan fingerprint density at radius 3 is 2.53 bits per heavy atom. The molecule has 0 aromatic carbocycles. The van der Waals surface area contributed by atoms with E-state index in [-0.39, 0.29) is 6.04 Å². The predicted molar refractivity (Wildman–Crippen MR) is 78.2 cm³/mol. The molecule has 1 saturated carbocycles. The lowest BCUT2D eigenvalue weighted by atomic mass is 10.2. The van der Waals surface area contributed by atoms with Gasteiger partial charge in [-0.1, -0.05) is 6.92 Å². The third-order valence-electron chi connectivity index (χ3n) is 4.11. The highest BCUT2D eigenvalue weighted by molar-refractivity contribution is 5.19. The molecule has 2 N–H and O–H groups in total. The summed E-state index contributed by atoms with van der Waals surface area (Å²) in [6, 6.07) is 4.42. The van der Waals surface area contributed by atoms with Crippen molar-refractivity contribution in [3.8, 4) is 0 Å². The van der Waals surface area contributed by atoms with Crippen molar-refractivity contribution in [1.29, 1.82) is 0 Å². The Kier molecular flexibility index (Phi) is 4.66. The summed E-state index contributed by atoms with van der Waals surface area (Å²) in [5.74, 6) is 3.57. The van der Waals surface area contributed by atoms with Gasteiger partial charge in [0.25, 0.3) is 0 Å². The van der Waals surface area contributed by atoms with Crippen molar-refractivity contribution in [3.05, 3.63) is 23.7 Å². The smallest absolute Gasteiger partial charge is 0.122 e. The fraction of sp³-hybridized carbons (Fsp3) is 0.733. The van der Waals surface area contributed by atoms with E-state index >= 15 is 0 Å². The Morgan fingerprint density at radius 1 is 1.32 bits per heavy atom. The maximum atomic E-state index is 6.02. The van der Waals surface area contributed by atoms with Crippen LogP contribution in [0.1, 0.15) is 36.8 Å². The average molecular weight is 265 g/mol. The molecule has 0 bridgehead atoms. The van der Waals surface area contributed by atoms with Gasteiger partial charge in [0.1, 0.15) is 11.5 Å². The third-order valence-corrected chi connectivity index (χ3v) is 4.11. The lowest BCUT2D eigenvalue weighted by Crippen LogP contribution is -2.35. The molecule has 3 atom stereocenters. The molecule has 1 aromatic heterocycles. The summed E-state index contributed by atoms with van der Waals surface area (Å²) in [6.45, 7) is 4.89. The molecule has 0 radical (unpaired) electrons. The fourth-order valence-corrected chi connectivity index (χ4v) is 2.49. The van der Waals surface area contributed by atoms with Crippen molar-refractivity contribution >= 4 is 0 Å². The van der Waals surface area contributed by atoms with Crippen LogP contribution in [-0.4, -0.2) is 50.6 Å². The molecule has 1 aliphatic rings. The Balaban J connectivity index is 1.98. The summed E-state index contributed by atoms with van der Waals surface area (Å²) in [5.41, 5.74) is 5.93. The minimum absolute atomic E-state index is 0.183. The van der Waals surface area contributed by atoms with Gasteiger partial charge in [0.15, 0.2) is 0 Å². The zero-order valence-corrected chi connectivity index (χ0v) is 12.6. The van der Waals surface area contributed by atoms with E-state index in [2.05, 4.69) is 50.0 Å². The van der Waals surface area contributed by atoms with Crippen molar-refractivity contribution in [2.75, 3.05) is 40.8 Å². The van der Waals surface area contributed by atoms with Gasteiger partial charge in [-0.2, -0.15) is 0 Å². The second-order valence-corrected chi connectivity index (χ2v) is 6.09. The van der Waals surface area contributed by atoms with E-state index in [4.69, 9.17) is 10.2 Å². The van der Waals surface area contributed by atoms with Crippen molar-refractivity contribution < 1.29 is 4.42 Å². The van der Waals surface area contributed by atoms with Crippen molar-refractivity contribution in [3.63, 3.8) is 0 Å². The van der Waals surface area contributed by atoms with E-state index < -0.39 is 0 Å². The van der Waals surface area contributed by atoms with Crippen LogP contribution in [0.4, 0.5) is 0 Å². The van der Waals surface area contributed by atoms with Crippen LogP contribution < -0.4 is 5.73 Å². The first-order chi connectivity index (χ1) is 9.02. The molecule has 4 nitrogen and oxygen atoms in total. The van der Waals surface area contributed by atoms with Crippen LogP contribution in [0.5, 0.6) is 0 Å². The van der Waals surface area contributed by atoms with E-state index in [1.165, 1.54) is 6.42 Å². The van der Waals surface area contributed by atoms with Gasteiger partial charge < -0.3 is 15.1 Å². The quantitative estimate of drug-likeness (QED) is 0.818. The Morgan fingerprint density at radius 2 is 2.00 bits per heavy atom. The van der Waals surface area contributed by atoms with Gasteiger partial charge in [0, 0.05) is 25.6 Å². The first-order valence-electron chi connectivity index (χ1n) is 7.17. The molecule has 1 heterocycles. The molecule has 0 saturated heterocycles. The largest absolute Gasteiger partial charge is 0.464 e. The van der Waals surface area contributed by atoms with Crippen LogP contribution in [0.25, 0.3) is 0 Å². The number of rotatable bonds is 7. The molecule has 0 aliphatic heterocycles. The first-order valence-corrected chi connectivity index (χ1v) is 7.17. The normalized spacial score (nSPS) is 24.2. The highest BCUT2D eigenvalue weighted by Crippen LogP contribution is 2.47. The van der Waals surface area contributed by atoms with Crippen LogP contribution in [0.15, 0.2) is 16.5 Å². The molecular formula is C15H27N3O. The molecule has 1 aromatic rings. The van der Waals surface area contributed by atoms with Crippen molar-refractivity contribution in [1.82, 2.24) is 9.80 Å². The molecule has 0 spiro atoms. The zero-order valence-electron chi connectivity index (χ0n) is 12.6. The minimum atomic E-state index is 0.183. The topological polar surface area (TPSA) is 45.6 Å². The molecule has 1 aliphatic carbocycles. The molecule has 3 unspecified atom stereocenters. The number of hydrogen-bond donors (Lipinski definition) is 1. The monoisotopic (exact) mass is 265 g/mol. The summed E-state index contributed by atoms with van der Waals surface area (Å²) in [5, 5.41) is 0. The number of hydrogen-bond acceptors (Lipinski definition) is 4. The maximum Gasteiger partial charge on any atom is 0.122 e. The Hall–Kier alpha value is -0.840.